The van der Waals surface area contributed by atoms with E-state index in [1.165, 1.54) is 30.8 Å². The Balaban J connectivity index is 1.78. The molecule has 17 heavy (non-hydrogen) atoms. The Hall–Kier alpha value is -0.380. The van der Waals surface area contributed by atoms with Crippen molar-refractivity contribution in [2.24, 2.45) is 17.6 Å². The number of rotatable bonds is 4. The minimum absolute atomic E-state index is 0.200. The Labute approximate surface area is 109 Å². The maximum Gasteiger partial charge on any atom is 0.0519 e. The van der Waals surface area contributed by atoms with E-state index < -0.39 is 0 Å². The van der Waals surface area contributed by atoms with Gasteiger partial charge >= 0.3 is 0 Å². The van der Waals surface area contributed by atoms with Crippen LogP contribution >= 0.6 is 11.3 Å². The number of hydrogen-bond acceptors (Lipinski definition) is 3. The van der Waals surface area contributed by atoms with Gasteiger partial charge in [-0.25, -0.2) is 0 Å². The van der Waals surface area contributed by atoms with Gasteiger partial charge in [-0.15, -0.1) is 11.3 Å². The molecule has 1 atom stereocenters. The zero-order chi connectivity index (χ0) is 12.3. The minimum Gasteiger partial charge on any atom is -0.322 e. The number of likely N-dealkylation sites (tertiary alicyclic amines) is 1. The summed E-state index contributed by atoms with van der Waals surface area (Å²) in [6.07, 6.45) is 2.68. The molecule has 1 aromatic heterocycles. The lowest BCUT2D eigenvalue weighted by atomic mass is 9.86. The Bertz CT molecular complexity index is 313. The van der Waals surface area contributed by atoms with Gasteiger partial charge in [-0.2, -0.15) is 0 Å². The Morgan fingerprint density at radius 1 is 1.41 bits per heavy atom. The maximum atomic E-state index is 6.23. The summed E-state index contributed by atoms with van der Waals surface area (Å²) in [5.74, 6) is 1.76. The van der Waals surface area contributed by atoms with Crippen molar-refractivity contribution in [2.45, 2.75) is 32.7 Å². The van der Waals surface area contributed by atoms with Crippen molar-refractivity contribution in [3.05, 3.63) is 22.4 Å². The highest BCUT2D eigenvalue weighted by molar-refractivity contribution is 7.10. The van der Waals surface area contributed by atoms with Gasteiger partial charge in [-0.05, 0) is 49.2 Å². The van der Waals surface area contributed by atoms with Crippen LogP contribution in [0.25, 0.3) is 0 Å². The lowest BCUT2D eigenvalue weighted by molar-refractivity contribution is 0.151. The highest BCUT2D eigenvalue weighted by Crippen LogP contribution is 2.26. The molecular weight excluding hydrogens is 228 g/mol. The van der Waals surface area contributed by atoms with Gasteiger partial charge in [0, 0.05) is 11.4 Å². The third-order valence-corrected chi connectivity index (χ3v) is 4.94. The molecule has 1 aromatic rings. The Morgan fingerprint density at radius 2 is 2.12 bits per heavy atom. The van der Waals surface area contributed by atoms with Gasteiger partial charge in [-0.3, -0.25) is 0 Å². The van der Waals surface area contributed by atoms with E-state index in [4.69, 9.17) is 5.73 Å². The molecule has 3 heteroatoms. The average Bonchev–Trinajstić information content (AvgIpc) is 2.83. The molecule has 1 saturated heterocycles. The maximum absolute atomic E-state index is 6.23. The lowest BCUT2D eigenvalue weighted by Gasteiger charge is -2.34. The van der Waals surface area contributed by atoms with Crippen molar-refractivity contribution in [3.63, 3.8) is 0 Å². The van der Waals surface area contributed by atoms with Crippen LogP contribution < -0.4 is 5.73 Å². The molecule has 96 valence electrons. The fourth-order valence-corrected chi connectivity index (χ4v) is 3.39. The zero-order valence-electron chi connectivity index (χ0n) is 10.9. The van der Waals surface area contributed by atoms with Gasteiger partial charge in [0.25, 0.3) is 0 Å². The van der Waals surface area contributed by atoms with Gasteiger partial charge in [0.15, 0.2) is 0 Å². The lowest BCUT2D eigenvalue weighted by Crippen LogP contribution is -2.39. The van der Waals surface area contributed by atoms with Crippen LogP contribution in [0.2, 0.25) is 0 Å². The van der Waals surface area contributed by atoms with E-state index >= 15 is 0 Å². The third-order valence-electron chi connectivity index (χ3n) is 3.94. The van der Waals surface area contributed by atoms with E-state index in [0.717, 1.165) is 18.4 Å². The molecule has 0 saturated carbocycles. The summed E-state index contributed by atoms with van der Waals surface area (Å²) in [4.78, 5) is 3.85. The largest absolute Gasteiger partial charge is 0.322 e. The molecule has 0 aliphatic carbocycles. The van der Waals surface area contributed by atoms with Crippen LogP contribution in [0, 0.1) is 11.8 Å². The molecule has 1 unspecified atom stereocenters. The number of thiophene rings is 1. The van der Waals surface area contributed by atoms with E-state index in [2.05, 4.69) is 36.3 Å². The smallest absolute Gasteiger partial charge is 0.0519 e. The van der Waals surface area contributed by atoms with Gasteiger partial charge in [0.2, 0.25) is 0 Å². The molecule has 0 aromatic carbocycles. The molecular formula is C14H24N2S. The number of hydrogen-bond donors (Lipinski definition) is 1. The van der Waals surface area contributed by atoms with Gasteiger partial charge in [0.05, 0.1) is 6.04 Å². The molecule has 0 spiro atoms. The normalized spacial score (nSPS) is 20.9. The third kappa shape index (κ3) is 3.54. The summed E-state index contributed by atoms with van der Waals surface area (Å²) >= 11 is 1.77. The van der Waals surface area contributed by atoms with E-state index in [9.17, 15) is 0 Å². The number of nitrogens with two attached hydrogens (primary N) is 1. The molecule has 2 N–H and O–H groups in total. The average molecular weight is 252 g/mol. The first-order valence-corrected chi connectivity index (χ1v) is 7.56. The van der Waals surface area contributed by atoms with Crippen molar-refractivity contribution in [3.8, 4) is 0 Å². The van der Waals surface area contributed by atoms with Crippen molar-refractivity contribution >= 4 is 11.3 Å². The molecule has 2 heterocycles. The minimum atomic E-state index is 0.200. The topological polar surface area (TPSA) is 29.3 Å². The number of nitrogens with zero attached hydrogens (tertiary/aromatic N) is 1. The van der Waals surface area contributed by atoms with E-state index in [1.54, 1.807) is 11.3 Å². The second-order valence-corrected chi connectivity index (χ2v) is 6.48. The molecule has 0 bridgehead atoms. The highest BCUT2D eigenvalue weighted by atomic mass is 32.1. The first kappa shape index (κ1) is 13.1. The van der Waals surface area contributed by atoms with Crippen LogP contribution in [0.4, 0.5) is 0 Å². The molecule has 2 rings (SSSR count). The molecule has 1 aliphatic rings. The quantitative estimate of drug-likeness (QED) is 0.892. The van der Waals surface area contributed by atoms with Gasteiger partial charge in [-0.1, -0.05) is 19.9 Å². The van der Waals surface area contributed by atoms with E-state index in [1.807, 2.05) is 0 Å². The second-order valence-electron chi connectivity index (χ2n) is 5.50. The monoisotopic (exact) mass is 252 g/mol. The van der Waals surface area contributed by atoms with Crippen LogP contribution in [0.15, 0.2) is 17.5 Å². The van der Waals surface area contributed by atoms with Gasteiger partial charge in [0.1, 0.15) is 0 Å². The standard InChI is InChI=1S/C14H24N2S/c1-11(2)12-5-7-16(8-6-12)10-13(15)14-4-3-9-17-14/h3-4,9,11-13H,5-8,10,15H2,1-2H3. The summed E-state index contributed by atoms with van der Waals surface area (Å²) in [5, 5.41) is 2.11. The first-order valence-electron chi connectivity index (χ1n) is 6.68. The second kappa shape index (κ2) is 5.98. The van der Waals surface area contributed by atoms with Crippen LogP contribution in [0.5, 0.6) is 0 Å². The van der Waals surface area contributed by atoms with Crippen LogP contribution in [0.1, 0.15) is 37.6 Å². The fraction of sp³-hybridized carbons (Fsp3) is 0.714. The van der Waals surface area contributed by atoms with E-state index in [0.29, 0.717) is 0 Å². The molecule has 1 aliphatic heterocycles. The first-order chi connectivity index (χ1) is 8.16. The Kier molecular flexibility index (Phi) is 4.60. The summed E-state index contributed by atoms with van der Waals surface area (Å²) in [6, 6.07) is 4.44. The summed E-state index contributed by atoms with van der Waals surface area (Å²) in [5.41, 5.74) is 6.23. The zero-order valence-corrected chi connectivity index (χ0v) is 11.7. The van der Waals surface area contributed by atoms with Crippen LogP contribution in [-0.2, 0) is 0 Å². The molecule has 1 fully saturated rings. The van der Waals surface area contributed by atoms with Crippen molar-refractivity contribution in [1.29, 1.82) is 0 Å². The van der Waals surface area contributed by atoms with Crippen LogP contribution in [-0.4, -0.2) is 24.5 Å². The predicted octanol–water partition coefficient (Wildman–Crippen LogP) is 3.12. The van der Waals surface area contributed by atoms with Crippen molar-refractivity contribution in [2.75, 3.05) is 19.6 Å². The highest BCUT2D eigenvalue weighted by Gasteiger charge is 2.22. The van der Waals surface area contributed by atoms with Crippen molar-refractivity contribution in [1.82, 2.24) is 4.90 Å². The summed E-state index contributed by atoms with van der Waals surface area (Å²) < 4.78 is 0. The molecule has 0 radical (unpaired) electrons. The Morgan fingerprint density at radius 3 is 2.65 bits per heavy atom. The van der Waals surface area contributed by atoms with E-state index in [-0.39, 0.29) is 6.04 Å². The SMILES string of the molecule is CC(C)C1CCN(CC(N)c2cccs2)CC1. The number of piperidine rings is 1. The molecule has 2 nitrogen and oxygen atoms in total. The summed E-state index contributed by atoms with van der Waals surface area (Å²) in [7, 11) is 0. The van der Waals surface area contributed by atoms with Crippen molar-refractivity contribution < 1.29 is 0 Å². The molecule has 0 amide bonds. The fourth-order valence-electron chi connectivity index (χ4n) is 2.67. The predicted molar refractivity (Wildman–Crippen MR) is 75.2 cm³/mol. The van der Waals surface area contributed by atoms with Gasteiger partial charge < -0.3 is 10.6 Å². The summed E-state index contributed by atoms with van der Waals surface area (Å²) in [6.45, 7) is 8.16. The van der Waals surface area contributed by atoms with Crippen LogP contribution in [0.3, 0.4) is 0 Å².